The summed E-state index contributed by atoms with van der Waals surface area (Å²) < 4.78 is 3.46. The van der Waals surface area contributed by atoms with E-state index >= 15 is 0 Å². The van der Waals surface area contributed by atoms with E-state index in [-0.39, 0.29) is 0 Å². The van der Waals surface area contributed by atoms with Gasteiger partial charge < -0.3 is 5.32 Å². The molecule has 2 aromatic heterocycles. The van der Waals surface area contributed by atoms with Crippen LogP contribution in [0.4, 0.5) is 0 Å². The van der Waals surface area contributed by atoms with E-state index in [9.17, 15) is 0 Å². The monoisotopic (exact) mass is 231 g/mol. The Labute approximate surface area is 97.7 Å². The van der Waals surface area contributed by atoms with E-state index in [1.807, 2.05) is 19.4 Å². The lowest BCUT2D eigenvalue weighted by molar-refractivity contribution is 0.792. The molecule has 1 N–H and O–H groups in total. The van der Waals surface area contributed by atoms with E-state index in [0.717, 1.165) is 17.9 Å². The van der Waals surface area contributed by atoms with E-state index in [1.54, 1.807) is 11.3 Å². The number of aromatic nitrogens is 2. The van der Waals surface area contributed by atoms with Gasteiger partial charge in [-0.1, -0.05) is 17.4 Å². The highest BCUT2D eigenvalue weighted by Gasteiger charge is 2.05. The molecule has 0 bridgehead atoms. The van der Waals surface area contributed by atoms with Crippen LogP contribution in [0.5, 0.6) is 0 Å². The molecule has 16 heavy (non-hydrogen) atoms. The second kappa shape index (κ2) is 3.88. The number of hydrogen-bond acceptors (Lipinski definition) is 3. The van der Waals surface area contributed by atoms with Gasteiger partial charge in [0.25, 0.3) is 0 Å². The highest BCUT2D eigenvalue weighted by Crippen LogP contribution is 2.26. The molecule has 4 heteroatoms. The fraction of sp³-hybridized carbons (Fsp3) is 0.250. The highest BCUT2D eigenvalue weighted by atomic mass is 32.1. The van der Waals surface area contributed by atoms with Crippen molar-refractivity contribution < 1.29 is 0 Å². The Morgan fingerprint density at radius 3 is 3.25 bits per heavy atom. The molecule has 0 spiro atoms. The van der Waals surface area contributed by atoms with Crippen molar-refractivity contribution in [3.63, 3.8) is 0 Å². The summed E-state index contributed by atoms with van der Waals surface area (Å²) >= 11 is 1.75. The predicted octanol–water partition coefficient (Wildman–Crippen LogP) is 2.31. The summed E-state index contributed by atoms with van der Waals surface area (Å²) in [6, 6.07) is 6.66. The van der Waals surface area contributed by atoms with Crippen LogP contribution in [-0.4, -0.2) is 23.0 Å². The summed E-state index contributed by atoms with van der Waals surface area (Å²) in [4.78, 5) is 5.39. The Morgan fingerprint density at radius 2 is 2.38 bits per heavy atom. The van der Waals surface area contributed by atoms with Crippen LogP contribution in [-0.2, 0) is 6.42 Å². The Bertz CT molecular complexity index is 623. The summed E-state index contributed by atoms with van der Waals surface area (Å²) in [6.45, 7) is 1.02. The Kier molecular flexibility index (Phi) is 2.38. The SMILES string of the molecule is CNCCc1ccc2c(c1)sc1nccn12. The summed E-state index contributed by atoms with van der Waals surface area (Å²) in [5.74, 6) is 0. The fourth-order valence-electron chi connectivity index (χ4n) is 1.91. The van der Waals surface area contributed by atoms with Gasteiger partial charge in [0.15, 0.2) is 4.96 Å². The van der Waals surface area contributed by atoms with Crippen LogP contribution in [0.1, 0.15) is 5.56 Å². The Balaban J connectivity index is 2.10. The van der Waals surface area contributed by atoms with Gasteiger partial charge in [0.2, 0.25) is 0 Å². The van der Waals surface area contributed by atoms with Crippen molar-refractivity contribution in [3.8, 4) is 0 Å². The van der Waals surface area contributed by atoms with Gasteiger partial charge in [0, 0.05) is 12.4 Å². The maximum atomic E-state index is 4.32. The molecule has 0 amide bonds. The molecule has 0 unspecified atom stereocenters. The lowest BCUT2D eigenvalue weighted by Gasteiger charge is -2.00. The first-order chi connectivity index (χ1) is 7.88. The van der Waals surface area contributed by atoms with Gasteiger partial charge in [-0.25, -0.2) is 4.98 Å². The minimum absolute atomic E-state index is 1.02. The van der Waals surface area contributed by atoms with Crippen LogP contribution in [0.3, 0.4) is 0 Å². The van der Waals surface area contributed by atoms with Crippen LogP contribution in [0, 0.1) is 0 Å². The molecule has 3 rings (SSSR count). The average Bonchev–Trinajstić information content (AvgIpc) is 2.85. The number of rotatable bonds is 3. The van der Waals surface area contributed by atoms with Crippen LogP contribution in [0.2, 0.25) is 0 Å². The normalized spacial score (nSPS) is 11.6. The quantitative estimate of drug-likeness (QED) is 0.749. The molecule has 3 aromatic rings. The molecule has 0 saturated carbocycles. The number of benzene rings is 1. The molecule has 2 heterocycles. The standard InChI is InChI=1S/C12H13N3S/c1-13-5-4-9-2-3-10-11(8-9)16-12-14-6-7-15(10)12/h2-3,6-8,13H,4-5H2,1H3. The maximum Gasteiger partial charge on any atom is 0.194 e. The molecule has 0 aliphatic carbocycles. The summed E-state index contributed by atoms with van der Waals surface area (Å²) in [5, 5.41) is 3.17. The molecule has 1 aromatic carbocycles. The first-order valence-corrected chi connectivity index (χ1v) is 6.19. The first-order valence-electron chi connectivity index (χ1n) is 5.37. The number of imidazole rings is 1. The highest BCUT2D eigenvalue weighted by molar-refractivity contribution is 7.23. The third-order valence-corrected chi connectivity index (χ3v) is 3.79. The second-order valence-corrected chi connectivity index (χ2v) is 4.85. The van der Waals surface area contributed by atoms with E-state index in [0.29, 0.717) is 0 Å². The van der Waals surface area contributed by atoms with Crippen LogP contribution < -0.4 is 5.32 Å². The smallest absolute Gasteiger partial charge is 0.194 e. The van der Waals surface area contributed by atoms with Crippen LogP contribution in [0.25, 0.3) is 15.2 Å². The average molecular weight is 231 g/mol. The zero-order valence-electron chi connectivity index (χ0n) is 9.10. The minimum atomic E-state index is 1.02. The van der Waals surface area contributed by atoms with Gasteiger partial charge in [-0.3, -0.25) is 4.40 Å². The Hall–Kier alpha value is -1.39. The molecule has 0 aliphatic rings. The number of nitrogens with one attached hydrogen (secondary N) is 1. The van der Waals surface area contributed by atoms with E-state index in [1.165, 1.54) is 15.8 Å². The van der Waals surface area contributed by atoms with Crippen LogP contribution >= 0.6 is 11.3 Å². The van der Waals surface area contributed by atoms with Crippen molar-refractivity contribution in [2.45, 2.75) is 6.42 Å². The third-order valence-electron chi connectivity index (χ3n) is 2.76. The van der Waals surface area contributed by atoms with Gasteiger partial charge in [-0.2, -0.15) is 0 Å². The number of likely N-dealkylation sites (N-methyl/N-ethyl adjacent to an activating group) is 1. The topological polar surface area (TPSA) is 29.3 Å². The van der Waals surface area contributed by atoms with Gasteiger partial charge in [0.1, 0.15) is 0 Å². The van der Waals surface area contributed by atoms with Crippen molar-refractivity contribution in [2.24, 2.45) is 0 Å². The zero-order chi connectivity index (χ0) is 11.0. The molecular weight excluding hydrogens is 218 g/mol. The molecule has 82 valence electrons. The van der Waals surface area contributed by atoms with Crippen LogP contribution in [0.15, 0.2) is 30.6 Å². The van der Waals surface area contributed by atoms with Gasteiger partial charge in [-0.05, 0) is 37.7 Å². The lowest BCUT2D eigenvalue weighted by atomic mass is 10.1. The maximum absolute atomic E-state index is 4.32. The van der Waals surface area contributed by atoms with E-state index in [2.05, 4.69) is 32.9 Å². The number of hydrogen-bond donors (Lipinski definition) is 1. The van der Waals surface area contributed by atoms with Gasteiger partial charge in [0.05, 0.1) is 10.2 Å². The largest absolute Gasteiger partial charge is 0.319 e. The molecular formula is C12H13N3S. The first kappa shape index (κ1) is 9.81. The van der Waals surface area contributed by atoms with E-state index in [4.69, 9.17) is 0 Å². The van der Waals surface area contributed by atoms with Gasteiger partial charge >= 0.3 is 0 Å². The molecule has 3 nitrogen and oxygen atoms in total. The summed E-state index contributed by atoms with van der Waals surface area (Å²) in [5.41, 5.74) is 2.64. The van der Waals surface area contributed by atoms with Gasteiger partial charge in [-0.15, -0.1) is 0 Å². The van der Waals surface area contributed by atoms with Crippen molar-refractivity contribution in [1.82, 2.24) is 14.7 Å². The minimum Gasteiger partial charge on any atom is -0.319 e. The third kappa shape index (κ3) is 1.50. The number of fused-ring (bicyclic) bond motifs is 3. The summed E-state index contributed by atoms with van der Waals surface area (Å²) in [6.07, 6.45) is 4.94. The summed E-state index contributed by atoms with van der Waals surface area (Å²) in [7, 11) is 1.98. The van der Waals surface area contributed by atoms with Crippen molar-refractivity contribution >= 4 is 26.5 Å². The molecule has 0 saturated heterocycles. The number of thiazole rings is 1. The lowest BCUT2D eigenvalue weighted by Crippen LogP contribution is -2.10. The van der Waals surface area contributed by atoms with Crippen molar-refractivity contribution in [1.29, 1.82) is 0 Å². The fourth-order valence-corrected chi connectivity index (χ4v) is 2.96. The molecule has 0 atom stereocenters. The predicted molar refractivity (Wildman–Crippen MR) is 68.2 cm³/mol. The van der Waals surface area contributed by atoms with Crippen molar-refractivity contribution in [3.05, 3.63) is 36.2 Å². The number of nitrogens with zero attached hydrogens (tertiary/aromatic N) is 2. The second-order valence-electron chi connectivity index (χ2n) is 3.84. The molecule has 0 fully saturated rings. The van der Waals surface area contributed by atoms with Crippen molar-refractivity contribution in [2.75, 3.05) is 13.6 Å². The Morgan fingerprint density at radius 1 is 1.44 bits per heavy atom. The molecule has 0 aliphatic heterocycles. The molecule has 0 radical (unpaired) electrons. The zero-order valence-corrected chi connectivity index (χ0v) is 9.92. The van der Waals surface area contributed by atoms with E-state index < -0.39 is 0 Å².